The van der Waals surface area contributed by atoms with Crippen molar-refractivity contribution in [3.05, 3.63) is 18.2 Å². The zero-order chi connectivity index (χ0) is 16.8. The number of primary amides is 1. The van der Waals surface area contributed by atoms with Crippen LogP contribution in [0.25, 0.3) is 0 Å². The molecule has 0 heterocycles. The summed E-state index contributed by atoms with van der Waals surface area (Å²) in [6.07, 6.45) is 1.37. The Morgan fingerprint density at radius 1 is 1.32 bits per heavy atom. The molecule has 0 aliphatic carbocycles. The highest BCUT2D eigenvalue weighted by Crippen LogP contribution is 2.30. The van der Waals surface area contributed by atoms with Crippen molar-refractivity contribution in [2.24, 2.45) is 11.5 Å². The first kappa shape index (κ1) is 17.8. The molecular weight excluding hydrogens is 286 g/mol. The van der Waals surface area contributed by atoms with Gasteiger partial charge in [0, 0.05) is 11.8 Å². The average molecular weight is 309 g/mol. The van der Waals surface area contributed by atoms with E-state index >= 15 is 0 Å². The van der Waals surface area contributed by atoms with Crippen molar-refractivity contribution in [2.75, 3.05) is 19.0 Å². The highest BCUT2D eigenvalue weighted by atomic mass is 16.5. The van der Waals surface area contributed by atoms with E-state index in [1.54, 1.807) is 25.1 Å². The van der Waals surface area contributed by atoms with E-state index < -0.39 is 11.4 Å². The maximum absolute atomic E-state index is 12.2. The number of ether oxygens (including phenoxy) is 2. The van der Waals surface area contributed by atoms with Crippen LogP contribution in [0.4, 0.5) is 5.69 Å². The third kappa shape index (κ3) is 4.92. The number of rotatable bonds is 8. The van der Waals surface area contributed by atoms with Crippen LogP contribution in [0, 0.1) is 0 Å². The molecule has 1 atom stereocenters. The van der Waals surface area contributed by atoms with Crippen molar-refractivity contribution < 1.29 is 19.1 Å². The lowest BCUT2D eigenvalue weighted by atomic mass is 9.96. The molecule has 22 heavy (non-hydrogen) atoms. The number of hydrogen-bond donors (Lipinski definition) is 3. The minimum absolute atomic E-state index is 0.280. The largest absolute Gasteiger partial charge is 0.493 e. The Labute approximate surface area is 129 Å². The summed E-state index contributed by atoms with van der Waals surface area (Å²) in [4.78, 5) is 23.0. The third-order valence-electron chi connectivity index (χ3n) is 3.08. The monoisotopic (exact) mass is 309 g/mol. The quantitative estimate of drug-likeness (QED) is 0.662. The van der Waals surface area contributed by atoms with Gasteiger partial charge in [0.05, 0.1) is 12.6 Å². The SMILES string of the molecule is CCCC(C)(N)C(=O)Nc1ccc(OC)c(OCC(N)=O)c1. The molecule has 1 unspecified atom stereocenters. The summed E-state index contributed by atoms with van der Waals surface area (Å²) >= 11 is 0. The van der Waals surface area contributed by atoms with Gasteiger partial charge in [0.2, 0.25) is 5.91 Å². The van der Waals surface area contributed by atoms with Crippen LogP contribution >= 0.6 is 0 Å². The molecule has 0 fully saturated rings. The van der Waals surface area contributed by atoms with E-state index in [0.717, 1.165) is 6.42 Å². The minimum Gasteiger partial charge on any atom is -0.493 e. The number of carbonyl (C=O) groups excluding carboxylic acids is 2. The molecule has 7 nitrogen and oxygen atoms in total. The van der Waals surface area contributed by atoms with E-state index in [0.29, 0.717) is 23.6 Å². The molecule has 1 aromatic carbocycles. The van der Waals surface area contributed by atoms with Crippen LogP contribution < -0.4 is 26.3 Å². The zero-order valence-corrected chi connectivity index (χ0v) is 13.1. The molecule has 0 spiro atoms. The first-order valence-corrected chi connectivity index (χ1v) is 6.99. The number of hydrogen-bond acceptors (Lipinski definition) is 5. The Balaban J connectivity index is 2.89. The van der Waals surface area contributed by atoms with Crippen molar-refractivity contribution in [2.45, 2.75) is 32.2 Å². The van der Waals surface area contributed by atoms with E-state index in [4.69, 9.17) is 20.9 Å². The van der Waals surface area contributed by atoms with Gasteiger partial charge in [-0.1, -0.05) is 13.3 Å². The summed E-state index contributed by atoms with van der Waals surface area (Å²) in [5.74, 6) is -0.147. The molecule has 0 aliphatic heterocycles. The van der Waals surface area contributed by atoms with Gasteiger partial charge in [-0.15, -0.1) is 0 Å². The Bertz CT molecular complexity index is 544. The maximum atomic E-state index is 12.2. The molecule has 122 valence electrons. The highest BCUT2D eigenvalue weighted by Gasteiger charge is 2.27. The van der Waals surface area contributed by atoms with Gasteiger partial charge in [-0.3, -0.25) is 9.59 Å². The molecule has 0 saturated heterocycles. The van der Waals surface area contributed by atoms with Crippen LogP contribution in [0.5, 0.6) is 11.5 Å². The van der Waals surface area contributed by atoms with E-state index in [2.05, 4.69) is 5.32 Å². The fourth-order valence-electron chi connectivity index (χ4n) is 1.92. The van der Waals surface area contributed by atoms with Crippen LogP contribution in [0.15, 0.2) is 18.2 Å². The molecule has 0 radical (unpaired) electrons. The van der Waals surface area contributed by atoms with Crippen LogP contribution in [0.1, 0.15) is 26.7 Å². The standard InChI is InChI=1S/C15H23N3O4/c1-4-7-15(2,17)14(20)18-10-5-6-11(21-3)12(8-10)22-9-13(16)19/h5-6,8H,4,7,9,17H2,1-3H3,(H2,16,19)(H,18,20). The Kier molecular flexibility index (Phi) is 6.18. The van der Waals surface area contributed by atoms with Crippen molar-refractivity contribution >= 4 is 17.5 Å². The summed E-state index contributed by atoms with van der Waals surface area (Å²) in [7, 11) is 1.48. The van der Waals surface area contributed by atoms with Gasteiger partial charge in [-0.25, -0.2) is 0 Å². The average Bonchev–Trinajstić information content (AvgIpc) is 2.45. The normalized spacial score (nSPS) is 13.1. The van der Waals surface area contributed by atoms with Crippen molar-refractivity contribution in [3.8, 4) is 11.5 Å². The molecule has 0 aromatic heterocycles. The first-order valence-electron chi connectivity index (χ1n) is 6.99. The Morgan fingerprint density at radius 2 is 2.00 bits per heavy atom. The molecule has 0 saturated carbocycles. The van der Waals surface area contributed by atoms with Crippen molar-refractivity contribution in [3.63, 3.8) is 0 Å². The van der Waals surface area contributed by atoms with E-state index in [9.17, 15) is 9.59 Å². The summed E-state index contributed by atoms with van der Waals surface area (Å²) in [5, 5.41) is 2.73. The molecule has 1 aromatic rings. The lowest BCUT2D eigenvalue weighted by molar-refractivity contribution is -0.121. The number of carbonyl (C=O) groups is 2. The van der Waals surface area contributed by atoms with Crippen molar-refractivity contribution in [1.82, 2.24) is 0 Å². The molecule has 0 bridgehead atoms. The van der Waals surface area contributed by atoms with Gasteiger partial charge in [-0.2, -0.15) is 0 Å². The lowest BCUT2D eigenvalue weighted by Gasteiger charge is -2.23. The summed E-state index contributed by atoms with van der Waals surface area (Å²) in [5.41, 5.74) is 10.6. The topological polar surface area (TPSA) is 117 Å². The first-order chi connectivity index (χ1) is 10.3. The number of nitrogens with two attached hydrogens (primary N) is 2. The van der Waals surface area contributed by atoms with Crippen LogP contribution in [0.3, 0.4) is 0 Å². The van der Waals surface area contributed by atoms with Crippen molar-refractivity contribution in [1.29, 1.82) is 0 Å². The number of methoxy groups -OCH3 is 1. The number of amides is 2. The minimum atomic E-state index is -0.955. The van der Waals surface area contributed by atoms with Gasteiger partial charge in [0.25, 0.3) is 5.91 Å². The second kappa shape index (κ2) is 7.65. The van der Waals surface area contributed by atoms with Crippen LogP contribution in [-0.4, -0.2) is 31.1 Å². The van der Waals surface area contributed by atoms with Crippen LogP contribution in [-0.2, 0) is 9.59 Å². The third-order valence-corrected chi connectivity index (χ3v) is 3.08. The van der Waals surface area contributed by atoms with Gasteiger partial charge in [-0.05, 0) is 25.5 Å². The smallest absolute Gasteiger partial charge is 0.255 e. The predicted octanol–water partition coefficient (Wildman–Crippen LogP) is 1.02. The van der Waals surface area contributed by atoms with Gasteiger partial charge >= 0.3 is 0 Å². The van der Waals surface area contributed by atoms with Gasteiger partial charge in [0.15, 0.2) is 18.1 Å². The van der Waals surface area contributed by atoms with Gasteiger partial charge < -0.3 is 26.3 Å². The fraction of sp³-hybridized carbons (Fsp3) is 0.467. The molecule has 7 heteroatoms. The Morgan fingerprint density at radius 3 is 2.55 bits per heavy atom. The fourth-order valence-corrected chi connectivity index (χ4v) is 1.92. The molecule has 0 aliphatic rings. The van der Waals surface area contributed by atoms with Gasteiger partial charge in [0.1, 0.15) is 0 Å². The number of anilines is 1. The zero-order valence-electron chi connectivity index (χ0n) is 13.1. The number of nitrogens with one attached hydrogen (secondary N) is 1. The summed E-state index contributed by atoms with van der Waals surface area (Å²) in [6.45, 7) is 3.36. The molecule has 5 N–H and O–H groups in total. The highest BCUT2D eigenvalue weighted by molar-refractivity contribution is 5.97. The maximum Gasteiger partial charge on any atom is 0.255 e. The van der Waals surface area contributed by atoms with E-state index in [1.165, 1.54) is 7.11 Å². The number of benzene rings is 1. The predicted molar refractivity (Wildman–Crippen MR) is 83.8 cm³/mol. The molecule has 2 amide bonds. The molecule has 1 rings (SSSR count). The Hall–Kier alpha value is -2.28. The second-order valence-corrected chi connectivity index (χ2v) is 5.24. The molecular formula is C15H23N3O4. The summed E-state index contributed by atoms with van der Waals surface area (Å²) < 4.78 is 10.4. The lowest BCUT2D eigenvalue weighted by Crippen LogP contribution is -2.48. The van der Waals surface area contributed by atoms with Crippen LogP contribution in [0.2, 0.25) is 0 Å². The summed E-state index contributed by atoms with van der Waals surface area (Å²) in [6, 6.07) is 4.84. The second-order valence-electron chi connectivity index (χ2n) is 5.24. The van der Waals surface area contributed by atoms with E-state index in [-0.39, 0.29) is 12.5 Å². The van der Waals surface area contributed by atoms with E-state index in [1.807, 2.05) is 6.92 Å².